The Bertz CT molecular complexity index is 554. The van der Waals surface area contributed by atoms with Crippen molar-refractivity contribution in [3.05, 3.63) is 35.4 Å². The molecule has 0 aliphatic heterocycles. The van der Waals surface area contributed by atoms with Crippen molar-refractivity contribution in [1.82, 2.24) is 19.6 Å². The van der Waals surface area contributed by atoms with E-state index >= 15 is 0 Å². The molecule has 20 heavy (non-hydrogen) atoms. The first kappa shape index (κ1) is 14.8. The second kappa shape index (κ2) is 6.22. The molecule has 0 aliphatic rings. The quantitative estimate of drug-likeness (QED) is 0.878. The molecular weight excluding hydrogens is 250 g/mol. The predicted molar refractivity (Wildman–Crippen MR) is 80.6 cm³/mol. The van der Waals surface area contributed by atoms with Crippen LogP contribution in [-0.4, -0.2) is 25.6 Å². The molecule has 2 aromatic rings. The normalized spacial score (nSPS) is 14.4. The van der Waals surface area contributed by atoms with Gasteiger partial charge in [0.1, 0.15) is 0 Å². The molecule has 0 bridgehead atoms. The summed E-state index contributed by atoms with van der Waals surface area (Å²) in [6, 6.07) is 2.28. The molecule has 2 rings (SSSR count). The minimum Gasteiger partial charge on any atom is -0.326 e. The zero-order valence-electron chi connectivity index (χ0n) is 12.9. The molecule has 2 heterocycles. The first-order valence-corrected chi connectivity index (χ1v) is 7.42. The van der Waals surface area contributed by atoms with E-state index < -0.39 is 0 Å². The van der Waals surface area contributed by atoms with Crippen molar-refractivity contribution in [2.24, 2.45) is 12.8 Å². The standard InChI is InChI=1S/C15H25N5/c1-5-12-8-13(6-2)20(18-12)15(14(16)7-3)11-9-17-19(4)10-11/h8-10,14-15H,5-7,16H2,1-4H3. The van der Waals surface area contributed by atoms with Gasteiger partial charge in [-0.2, -0.15) is 10.2 Å². The zero-order chi connectivity index (χ0) is 14.7. The fraction of sp³-hybridized carbons (Fsp3) is 0.600. The molecule has 0 fully saturated rings. The largest absolute Gasteiger partial charge is 0.326 e. The van der Waals surface area contributed by atoms with Gasteiger partial charge in [0.15, 0.2) is 0 Å². The summed E-state index contributed by atoms with van der Waals surface area (Å²) in [5.41, 5.74) is 9.85. The lowest BCUT2D eigenvalue weighted by atomic mass is 10.0. The van der Waals surface area contributed by atoms with Gasteiger partial charge in [0.25, 0.3) is 0 Å². The molecule has 0 amide bonds. The Balaban J connectivity index is 2.48. The van der Waals surface area contributed by atoms with Crippen LogP contribution in [0.15, 0.2) is 18.5 Å². The van der Waals surface area contributed by atoms with Gasteiger partial charge in [0.05, 0.1) is 17.9 Å². The molecule has 2 unspecified atom stereocenters. The van der Waals surface area contributed by atoms with Crippen molar-refractivity contribution in [3.8, 4) is 0 Å². The van der Waals surface area contributed by atoms with Gasteiger partial charge in [-0.05, 0) is 25.3 Å². The van der Waals surface area contributed by atoms with Crippen LogP contribution < -0.4 is 5.73 Å². The average molecular weight is 275 g/mol. The van der Waals surface area contributed by atoms with Crippen LogP contribution in [-0.2, 0) is 19.9 Å². The number of rotatable bonds is 6. The Labute approximate surface area is 120 Å². The molecule has 0 spiro atoms. The topological polar surface area (TPSA) is 61.7 Å². The lowest BCUT2D eigenvalue weighted by Crippen LogP contribution is -2.33. The highest BCUT2D eigenvalue weighted by Gasteiger charge is 2.25. The summed E-state index contributed by atoms with van der Waals surface area (Å²) in [6.45, 7) is 6.40. The van der Waals surface area contributed by atoms with Gasteiger partial charge in [-0.1, -0.05) is 20.8 Å². The van der Waals surface area contributed by atoms with E-state index in [0.29, 0.717) is 0 Å². The lowest BCUT2D eigenvalue weighted by molar-refractivity contribution is 0.411. The summed E-state index contributed by atoms with van der Waals surface area (Å²) in [5, 5.41) is 9.04. The number of hydrogen-bond acceptors (Lipinski definition) is 3. The molecule has 0 saturated carbocycles. The second-order valence-electron chi connectivity index (χ2n) is 5.24. The Hall–Kier alpha value is -1.62. The minimum atomic E-state index is 0.0362. The number of aryl methyl sites for hydroxylation is 3. The molecule has 2 aromatic heterocycles. The summed E-state index contributed by atoms with van der Waals surface area (Å²) >= 11 is 0. The van der Waals surface area contributed by atoms with E-state index in [4.69, 9.17) is 10.8 Å². The molecule has 5 nitrogen and oxygen atoms in total. The highest BCUT2D eigenvalue weighted by molar-refractivity contribution is 5.19. The highest BCUT2D eigenvalue weighted by atomic mass is 15.3. The van der Waals surface area contributed by atoms with Crippen LogP contribution in [0.5, 0.6) is 0 Å². The van der Waals surface area contributed by atoms with Gasteiger partial charge in [0, 0.05) is 30.5 Å². The maximum absolute atomic E-state index is 6.37. The zero-order valence-corrected chi connectivity index (χ0v) is 12.9. The minimum absolute atomic E-state index is 0.0362. The fourth-order valence-electron chi connectivity index (χ4n) is 2.55. The number of nitrogens with zero attached hydrogens (tertiary/aromatic N) is 4. The molecule has 110 valence electrons. The summed E-state index contributed by atoms with van der Waals surface area (Å²) < 4.78 is 3.92. The summed E-state index contributed by atoms with van der Waals surface area (Å²) in [5.74, 6) is 0. The van der Waals surface area contributed by atoms with Crippen LogP contribution in [0.25, 0.3) is 0 Å². The van der Waals surface area contributed by atoms with E-state index in [1.54, 1.807) is 0 Å². The third-order valence-corrected chi connectivity index (χ3v) is 3.79. The van der Waals surface area contributed by atoms with Crippen molar-refractivity contribution in [1.29, 1.82) is 0 Å². The molecule has 0 aliphatic carbocycles. The van der Waals surface area contributed by atoms with Crippen molar-refractivity contribution in [3.63, 3.8) is 0 Å². The van der Waals surface area contributed by atoms with E-state index in [1.807, 2.05) is 24.1 Å². The molecule has 0 saturated heterocycles. The van der Waals surface area contributed by atoms with Gasteiger partial charge in [-0.25, -0.2) is 0 Å². The first-order chi connectivity index (χ1) is 9.60. The Kier molecular flexibility index (Phi) is 4.60. The van der Waals surface area contributed by atoms with Crippen LogP contribution in [0.4, 0.5) is 0 Å². The first-order valence-electron chi connectivity index (χ1n) is 7.42. The smallest absolute Gasteiger partial charge is 0.0952 e. The second-order valence-corrected chi connectivity index (χ2v) is 5.24. The van der Waals surface area contributed by atoms with Crippen LogP contribution in [0.3, 0.4) is 0 Å². The van der Waals surface area contributed by atoms with E-state index in [9.17, 15) is 0 Å². The summed E-state index contributed by atoms with van der Waals surface area (Å²) in [7, 11) is 1.93. The molecule has 0 radical (unpaired) electrons. The summed E-state index contributed by atoms with van der Waals surface area (Å²) in [6.07, 6.45) is 6.74. The molecule has 0 aromatic carbocycles. The van der Waals surface area contributed by atoms with Crippen molar-refractivity contribution < 1.29 is 0 Å². The van der Waals surface area contributed by atoms with E-state index in [1.165, 1.54) is 5.69 Å². The van der Waals surface area contributed by atoms with Gasteiger partial charge >= 0.3 is 0 Å². The number of nitrogens with two attached hydrogens (primary N) is 1. The SMILES string of the molecule is CCc1cc(CC)n(C(c2cnn(C)c2)C(N)CC)n1. The Morgan fingerprint density at radius 1 is 1.25 bits per heavy atom. The van der Waals surface area contributed by atoms with Crippen LogP contribution in [0.1, 0.15) is 50.2 Å². The van der Waals surface area contributed by atoms with E-state index in [0.717, 1.165) is 30.5 Å². The van der Waals surface area contributed by atoms with Gasteiger partial charge in [-0.15, -0.1) is 0 Å². The van der Waals surface area contributed by atoms with Crippen molar-refractivity contribution >= 4 is 0 Å². The summed E-state index contributed by atoms with van der Waals surface area (Å²) in [4.78, 5) is 0. The average Bonchev–Trinajstić information content (AvgIpc) is 3.05. The van der Waals surface area contributed by atoms with E-state index in [-0.39, 0.29) is 12.1 Å². The Morgan fingerprint density at radius 3 is 2.50 bits per heavy atom. The van der Waals surface area contributed by atoms with Crippen LogP contribution in [0, 0.1) is 0 Å². The fourth-order valence-corrected chi connectivity index (χ4v) is 2.55. The van der Waals surface area contributed by atoms with Crippen LogP contribution in [0.2, 0.25) is 0 Å². The number of aromatic nitrogens is 4. The molecule has 2 atom stereocenters. The molecular formula is C15H25N5. The van der Waals surface area contributed by atoms with Crippen molar-refractivity contribution in [2.45, 2.75) is 52.1 Å². The maximum atomic E-state index is 6.37. The van der Waals surface area contributed by atoms with Gasteiger partial charge in [-0.3, -0.25) is 9.36 Å². The lowest BCUT2D eigenvalue weighted by Gasteiger charge is -2.24. The Morgan fingerprint density at radius 2 is 2.00 bits per heavy atom. The molecule has 2 N–H and O–H groups in total. The third kappa shape index (κ3) is 2.77. The third-order valence-electron chi connectivity index (χ3n) is 3.79. The molecule has 5 heteroatoms. The predicted octanol–water partition coefficient (Wildman–Crippen LogP) is 2.07. The van der Waals surface area contributed by atoms with Gasteiger partial charge < -0.3 is 5.73 Å². The van der Waals surface area contributed by atoms with Crippen molar-refractivity contribution in [2.75, 3.05) is 0 Å². The van der Waals surface area contributed by atoms with Gasteiger partial charge in [0.2, 0.25) is 0 Å². The van der Waals surface area contributed by atoms with E-state index in [2.05, 4.69) is 36.6 Å². The monoisotopic (exact) mass is 275 g/mol. The number of hydrogen-bond donors (Lipinski definition) is 1. The highest BCUT2D eigenvalue weighted by Crippen LogP contribution is 2.24. The maximum Gasteiger partial charge on any atom is 0.0952 e. The van der Waals surface area contributed by atoms with Crippen LogP contribution >= 0.6 is 0 Å².